The van der Waals surface area contributed by atoms with Crippen LogP contribution >= 0.6 is 0 Å². The molecule has 0 unspecified atom stereocenters. The van der Waals surface area contributed by atoms with Crippen molar-refractivity contribution >= 4 is 9.04 Å². The van der Waals surface area contributed by atoms with E-state index in [1.807, 2.05) is 0 Å². The summed E-state index contributed by atoms with van der Waals surface area (Å²) in [4.78, 5) is 0. The van der Waals surface area contributed by atoms with Gasteiger partial charge in [0.05, 0.1) is 13.2 Å². The minimum Gasteiger partial charge on any atom is -0.413 e. The van der Waals surface area contributed by atoms with Gasteiger partial charge in [0.2, 0.25) is 9.04 Å². The monoisotopic (exact) mass is 251 g/mol. The number of rotatable bonds is 4. The van der Waals surface area contributed by atoms with E-state index in [4.69, 9.17) is 4.43 Å². The maximum atomic E-state index is 9.43. The van der Waals surface area contributed by atoms with E-state index in [0.29, 0.717) is 6.61 Å². The van der Waals surface area contributed by atoms with Crippen molar-refractivity contribution in [3.8, 4) is 0 Å². The summed E-state index contributed by atoms with van der Waals surface area (Å²) in [6.07, 6.45) is 0. The Labute approximate surface area is 106 Å². The van der Waals surface area contributed by atoms with Gasteiger partial charge >= 0.3 is 0 Å². The fourth-order valence-corrected chi connectivity index (χ4v) is 2.05. The topological polar surface area (TPSA) is 29.5 Å². The number of aliphatic hydroxyl groups excluding tert-OH is 1. The van der Waals surface area contributed by atoms with E-state index in [0.717, 1.165) is 11.1 Å². The Morgan fingerprint density at radius 1 is 1.18 bits per heavy atom. The Kier molecular flexibility index (Phi) is 4.92. The van der Waals surface area contributed by atoms with E-state index in [1.165, 1.54) is 5.56 Å². The molecule has 0 aliphatic heterocycles. The lowest BCUT2D eigenvalue weighted by Gasteiger charge is -2.21. The first-order chi connectivity index (χ1) is 7.84. The van der Waals surface area contributed by atoms with Crippen molar-refractivity contribution in [1.82, 2.24) is 0 Å². The van der Waals surface area contributed by atoms with Gasteiger partial charge in [-0.25, -0.2) is 0 Å². The van der Waals surface area contributed by atoms with E-state index in [1.54, 1.807) is 0 Å². The zero-order valence-electron chi connectivity index (χ0n) is 11.5. The van der Waals surface area contributed by atoms with Gasteiger partial charge in [-0.05, 0) is 35.2 Å². The smallest absolute Gasteiger partial charge is 0.205 e. The standard InChI is InChI=1S/C14H23O2Si/c1-14(2,3)13-7-6-11(10-16-17(4)5)12(8-13)9-15/h6-8,15H,9-10H2,1-5H3. The molecule has 1 aromatic rings. The normalized spacial score (nSPS) is 12.2. The summed E-state index contributed by atoms with van der Waals surface area (Å²) >= 11 is 0. The summed E-state index contributed by atoms with van der Waals surface area (Å²) in [5.41, 5.74) is 3.46. The van der Waals surface area contributed by atoms with Gasteiger partial charge in [0.1, 0.15) is 0 Å². The third-order valence-corrected chi connectivity index (χ3v) is 3.48. The predicted molar refractivity (Wildman–Crippen MR) is 73.3 cm³/mol. The lowest BCUT2D eigenvalue weighted by molar-refractivity contribution is 0.270. The Morgan fingerprint density at radius 2 is 1.82 bits per heavy atom. The zero-order chi connectivity index (χ0) is 13.1. The van der Waals surface area contributed by atoms with Crippen LogP contribution in [-0.2, 0) is 23.1 Å². The highest BCUT2D eigenvalue weighted by Crippen LogP contribution is 2.25. The summed E-state index contributed by atoms with van der Waals surface area (Å²) in [5, 5.41) is 9.43. The third kappa shape index (κ3) is 4.26. The quantitative estimate of drug-likeness (QED) is 0.832. The Bertz CT molecular complexity index is 367. The molecule has 0 aromatic heterocycles. The van der Waals surface area contributed by atoms with Crippen molar-refractivity contribution in [2.75, 3.05) is 0 Å². The number of hydrogen-bond donors (Lipinski definition) is 1. The van der Waals surface area contributed by atoms with Crippen molar-refractivity contribution in [3.05, 3.63) is 34.9 Å². The molecule has 0 aliphatic rings. The summed E-state index contributed by atoms with van der Waals surface area (Å²) < 4.78 is 5.69. The Balaban J connectivity index is 2.93. The second-order valence-electron chi connectivity index (χ2n) is 5.59. The number of benzene rings is 1. The molecule has 0 spiro atoms. The summed E-state index contributed by atoms with van der Waals surface area (Å²) in [5.74, 6) is 0. The van der Waals surface area contributed by atoms with Crippen LogP contribution in [0.3, 0.4) is 0 Å². The van der Waals surface area contributed by atoms with Crippen LogP contribution in [0.2, 0.25) is 13.1 Å². The molecule has 1 rings (SSSR count). The molecular formula is C14H23O2Si. The Morgan fingerprint density at radius 3 is 2.29 bits per heavy atom. The van der Waals surface area contributed by atoms with Crippen molar-refractivity contribution < 1.29 is 9.53 Å². The van der Waals surface area contributed by atoms with Crippen LogP contribution < -0.4 is 0 Å². The highest BCUT2D eigenvalue weighted by molar-refractivity contribution is 6.48. The molecule has 0 saturated carbocycles. The molecule has 0 atom stereocenters. The Hall–Kier alpha value is -0.643. The van der Waals surface area contributed by atoms with Crippen LogP contribution in [0.5, 0.6) is 0 Å². The summed E-state index contributed by atoms with van der Waals surface area (Å²) in [7, 11) is -0.676. The largest absolute Gasteiger partial charge is 0.413 e. The molecule has 2 nitrogen and oxygen atoms in total. The van der Waals surface area contributed by atoms with Gasteiger partial charge in [-0.2, -0.15) is 0 Å². The lowest BCUT2D eigenvalue weighted by Crippen LogP contribution is -2.13. The van der Waals surface area contributed by atoms with Crippen LogP contribution in [0.15, 0.2) is 18.2 Å². The zero-order valence-corrected chi connectivity index (χ0v) is 12.5. The second-order valence-corrected chi connectivity index (χ2v) is 7.69. The predicted octanol–water partition coefficient (Wildman–Crippen LogP) is 3.24. The van der Waals surface area contributed by atoms with Crippen LogP contribution in [-0.4, -0.2) is 14.1 Å². The van der Waals surface area contributed by atoms with Crippen LogP contribution in [0.25, 0.3) is 0 Å². The molecule has 0 aliphatic carbocycles. The van der Waals surface area contributed by atoms with E-state index in [9.17, 15) is 5.11 Å². The molecule has 3 heteroatoms. The lowest BCUT2D eigenvalue weighted by atomic mass is 9.85. The number of aliphatic hydroxyl groups is 1. The summed E-state index contributed by atoms with van der Waals surface area (Å²) in [6, 6.07) is 6.31. The summed E-state index contributed by atoms with van der Waals surface area (Å²) in [6.45, 7) is 11.5. The van der Waals surface area contributed by atoms with Crippen LogP contribution in [0.4, 0.5) is 0 Å². The van der Waals surface area contributed by atoms with Crippen LogP contribution in [0, 0.1) is 0 Å². The number of hydrogen-bond acceptors (Lipinski definition) is 2. The first-order valence-electron chi connectivity index (χ1n) is 6.00. The molecular weight excluding hydrogens is 228 g/mol. The average Bonchev–Trinajstić information content (AvgIpc) is 2.24. The van der Waals surface area contributed by atoms with Crippen molar-refractivity contribution in [1.29, 1.82) is 0 Å². The maximum Gasteiger partial charge on any atom is 0.205 e. The molecule has 1 aromatic carbocycles. The van der Waals surface area contributed by atoms with Crippen molar-refractivity contribution in [2.24, 2.45) is 0 Å². The van der Waals surface area contributed by atoms with Gasteiger partial charge < -0.3 is 9.53 Å². The van der Waals surface area contributed by atoms with Crippen LogP contribution in [0.1, 0.15) is 37.5 Å². The molecule has 95 valence electrons. The fourth-order valence-electron chi connectivity index (χ4n) is 1.60. The van der Waals surface area contributed by atoms with Gasteiger partial charge in [0.25, 0.3) is 0 Å². The van der Waals surface area contributed by atoms with E-state index < -0.39 is 9.04 Å². The van der Waals surface area contributed by atoms with Gasteiger partial charge in [0.15, 0.2) is 0 Å². The minimum absolute atomic E-state index is 0.0815. The van der Waals surface area contributed by atoms with Gasteiger partial charge in [0, 0.05) is 0 Å². The molecule has 0 saturated heterocycles. The second kappa shape index (κ2) is 5.80. The van der Waals surface area contributed by atoms with Crippen molar-refractivity contribution in [2.45, 2.75) is 52.5 Å². The van der Waals surface area contributed by atoms with E-state index in [2.05, 4.69) is 52.1 Å². The molecule has 0 bridgehead atoms. The average molecular weight is 251 g/mol. The maximum absolute atomic E-state index is 9.43. The first-order valence-corrected chi connectivity index (χ1v) is 8.41. The van der Waals surface area contributed by atoms with E-state index >= 15 is 0 Å². The highest BCUT2D eigenvalue weighted by Gasteiger charge is 2.15. The van der Waals surface area contributed by atoms with Gasteiger partial charge in [-0.15, -0.1) is 0 Å². The van der Waals surface area contributed by atoms with Crippen molar-refractivity contribution in [3.63, 3.8) is 0 Å². The first kappa shape index (κ1) is 14.4. The molecule has 0 heterocycles. The van der Waals surface area contributed by atoms with Gasteiger partial charge in [-0.3, -0.25) is 0 Å². The molecule has 1 N–H and O–H groups in total. The molecule has 1 radical (unpaired) electrons. The van der Waals surface area contributed by atoms with E-state index in [-0.39, 0.29) is 12.0 Å². The fraction of sp³-hybridized carbons (Fsp3) is 0.571. The highest BCUT2D eigenvalue weighted by atomic mass is 28.3. The van der Waals surface area contributed by atoms with Gasteiger partial charge in [-0.1, -0.05) is 39.0 Å². The third-order valence-electron chi connectivity index (χ3n) is 2.76. The SMILES string of the molecule is C[Si](C)OCc1ccc(C(C)(C)C)cc1CO. The molecule has 17 heavy (non-hydrogen) atoms. The minimum atomic E-state index is -0.676. The molecule has 0 amide bonds. The molecule has 0 fully saturated rings.